The van der Waals surface area contributed by atoms with E-state index >= 15 is 0 Å². The highest BCUT2D eigenvalue weighted by Gasteiger charge is 2.45. The molecule has 0 saturated carbocycles. The summed E-state index contributed by atoms with van der Waals surface area (Å²) >= 11 is 3.36. The van der Waals surface area contributed by atoms with Crippen LogP contribution in [-0.4, -0.2) is 47.6 Å². The molecule has 0 aromatic heterocycles. The van der Waals surface area contributed by atoms with Crippen molar-refractivity contribution < 1.29 is 29.3 Å². The molecular formula is C27H24BrNO6. The first-order chi connectivity index (χ1) is 16.8. The molecule has 35 heavy (non-hydrogen) atoms. The molecule has 180 valence electrons. The Kier molecular flexibility index (Phi) is 7.12. The first-order valence-electron chi connectivity index (χ1n) is 10.9. The first-order valence-corrected chi connectivity index (χ1v) is 11.7. The van der Waals surface area contributed by atoms with E-state index in [1.165, 1.54) is 17.0 Å². The van der Waals surface area contributed by atoms with Crippen molar-refractivity contribution in [3.8, 4) is 17.2 Å². The summed E-state index contributed by atoms with van der Waals surface area (Å²) in [5, 5.41) is 21.2. The zero-order valence-corrected chi connectivity index (χ0v) is 20.8. The highest BCUT2D eigenvalue weighted by molar-refractivity contribution is 9.10. The van der Waals surface area contributed by atoms with E-state index in [4.69, 9.17) is 9.47 Å². The number of benzene rings is 3. The molecule has 0 spiro atoms. The summed E-state index contributed by atoms with van der Waals surface area (Å²) in [5.41, 5.74) is 1.80. The van der Waals surface area contributed by atoms with Crippen LogP contribution in [0.5, 0.6) is 17.2 Å². The second-order valence-corrected chi connectivity index (χ2v) is 8.95. The number of rotatable bonds is 7. The van der Waals surface area contributed by atoms with Gasteiger partial charge in [-0.2, -0.15) is 0 Å². The predicted octanol–water partition coefficient (Wildman–Crippen LogP) is 4.84. The molecule has 4 rings (SSSR count). The lowest BCUT2D eigenvalue weighted by Crippen LogP contribution is -2.31. The second-order valence-electron chi connectivity index (χ2n) is 8.03. The van der Waals surface area contributed by atoms with E-state index < -0.39 is 17.7 Å². The molecule has 1 aliphatic heterocycles. The van der Waals surface area contributed by atoms with Crippen LogP contribution in [0.4, 0.5) is 0 Å². The van der Waals surface area contributed by atoms with Gasteiger partial charge in [0.25, 0.3) is 11.7 Å². The van der Waals surface area contributed by atoms with E-state index in [2.05, 4.69) is 15.9 Å². The Hall–Kier alpha value is -3.78. The van der Waals surface area contributed by atoms with Crippen molar-refractivity contribution in [3.05, 3.63) is 93.5 Å². The number of aliphatic hydroxyl groups is 1. The molecule has 1 atom stereocenters. The van der Waals surface area contributed by atoms with Gasteiger partial charge in [-0.05, 0) is 53.9 Å². The Morgan fingerprint density at radius 2 is 1.69 bits per heavy atom. The van der Waals surface area contributed by atoms with E-state index in [0.29, 0.717) is 29.0 Å². The highest BCUT2D eigenvalue weighted by Crippen LogP contribution is 2.40. The Labute approximate surface area is 211 Å². The largest absolute Gasteiger partial charge is 0.508 e. The Morgan fingerprint density at radius 1 is 0.971 bits per heavy atom. The SMILES string of the molecule is COc1ccc(CCN2C(=O)C(=O)C(=C(O)c3ccc(Br)cc3)C2c2cccc(O)c2)cc1OC. The lowest BCUT2D eigenvalue weighted by atomic mass is 9.95. The number of carbonyl (C=O) groups is 2. The number of phenols is 1. The van der Waals surface area contributed by atoms with Gasteiger partial charge in [0.2, 0.25) is 0 Å². The van der Waals surface area contributed by atoms with Crippen molar-refractivity contribution >= 4 is 33.4 Å². The summed E-state index contributed by atoms with van der Waals surface area (Å²) in [5.74, 6) is -0.601. The van der Waals surface area contributed by atoms with Crippen LogP contribution in [0.3, 0.4) is 0 Å². The maximum Gasteiger partial charge on any atom is 0.295 e. The fourth-order valence-electron chi connectivity index (χ4n) is 4.20. The molecule has 2 N–H and O–H groups in total. The Balaban J connectivity index is 1.74. The van der Waals surface area contributed by atoms with Crippen molar-refractivity contribution in [1.82, 2.24) is 4.90 Å². The van der Waals surface area contributed by atoms with Crippen LogP contribution in [0.25, 0.3) is 5.76 Å². The van der Waals surface area contributed by atoms with Gasteiger partial charge < -0.3 is 24.6 Å². The van der Waals surface area contributed by atoms with E-state index in [9.17, 15) is 19.8 Å². The van der Waals surface area contributed by atoms with Gasteiger partial charge in [0.05, 0.1) is 25.8 Å². The average molecular weight is 538 g/mol. The Bertz CT molecular complexity index is 1300. The molecule has 7 nitrogen and oxygen atoms in total. The molecule has 1 unspecified atom stereocenters. The van der Waals surface area contributed by atoms with E-state index in [0.717, 1.165) is 10.0 Å². The van der Waals surface area contributed by atoms with Crippen molar-refractivity contribution in [2.45, 2.75) is 12.5 Å². The number of hydrogen-bond acceptors (Lipinski definition) is 6. The van der Waals surface area contributed by atoms with Crippen LogP contribution in [0.2, 0.25) is 0 Å². The summed E-state index contributed by atoms with van der Waals surface area (Å²) in [7, 11) is 3.10. The lowest BCUT2D eigenvalue weighted by molar-refractivity contribution is -0.139. The Morgan fingerprint density at radius 3 is 2.34 bits per heavy atom. The number of phenolic OH excluding ortho intramolecular Hbond substituents is 1. The number of ether oxygens (including phenoxy) is 2. The maximum absolute atomic E-state index is 13.1. The smallest absolute Gasteiger partial charge is 0.295 e. The number of amides is 1. The van der Waals surface area contributed by atoms with Gasteiger partial charge in [-0.15, -0.1) is 0 Å². The topological polar surface area (TPSA) is 96.3 Å². The minimum Gasteiger partial charge on any atom is -0.508 e. The van der Waals surface area contributed by atoms with Crippen LogP contribution in [0, 0.1) is 0 Å². The van der Waals surface area contributed by atoms with Crippen molar-refractivity contribution in [1.29, 1.82) is 0 Å². The van der Waals surface area contributed by atoms with E-state index in [-0.39, 0.29) is 23.6 Å². The molecule has 3 aromatic rings. The standard InChI is InChI=1S/C27H24BrNO6/c1-34-21-11-6-16(14-22(21)35-2)12-13-29-24(18-4-3-5-20(30)15-18)23(26(32)27(29)33)25(31)17-7-9-19(28)10-8-17/h3-11,14-15,24,30-31H,12-13H2,1-2H3. The van der Waals surface area contributed by atoms with Crippen LogP contribution in [0.15, 0.2) is 76.8 Å². The average Bonchev–Trinajstić information content (AvgIpc) is 3.12. The van der Waals surface area contributed by atoms with Crippen molar-refractivity contribution in [2.75, 3.05) is 20.8 Å². The van der Waals surface area contributed by atoms with Gasteiger partial charge in [-0.1, -0.05) is 46.3 Å². The molecular weight excluding hydrogens is 514 g/mol. The molecule has 1 fully saturated rings. The number of ketones is 1. The number of methoxy groups -OCH3 is 2. The highest BCUT2D eigenvalue weighted by atomic mass is 79.9. The zero-order chi connectivity index (χ0) is 25.1. The van der Waals surface area contributed by atoms with Gasteiger partial charge in [0.15, 0.2) is 11.5 Å². The van der Waals surface area contributed by atoms with Crippen LogP contribution in [-0.2, 0) is 16.0 Å². The molecule has 8 heteroatoms. The summed E-state index contributed by atoms with van der Waals surface area (Å²) in [4.78, 5) is 27.7. The van der Waals surface area contributed by atoms with E-state index in [1.807, 2.05) is 12.1 Å². The number of likely N-dealkylation sites (tertiary alicyclic amines) is 1. The van der Waals surface area contributed by atoms with Crippen LogP contribution < -0.4 is 9.47 Å². The number of halogens is 1. The minimum atomic E-state index is -0.856. The number of Topliss-reactive ketones (excluding diaryl/α,β-unsaturated/α-hetero) is 1. The normalized spacial score (nSPS) is 17.0. The number of nitrogens with zero attached hydrogens (tertiary/aromatic N) is 1. The summed E-state index contributed by atoms with van der Waals surface area (Å²) in [6.07, 6.45) is 0.432. The number of aliphatic hydroxyl groups excluding tert-OH is 1. The summed E-state index contributed by atoms with van der Waals surface area (Å²) in [6, 6.07) is 17.8. The van der Waals surface area contributed by atoms with Gasteiger partial charge in [0, 0.05) is 16.6 Å². The van der Waals surface area contributed by atoms with Gasteiger partial charge in [0.1, 0.15) is 11.5 Å². The third kappa shape index (κ3) is 4.88. The molecule has 1 heterocycles. The number of aromatic hydroxyl groups is 1. The first kappa shape index (κ1) is 24.3. The second kappa shape index (κ2) is 10.2. The lowest BCUT2D eigenvalue weighted by Gasteiger charge is -2.25. The molecule has 1 aliphatic rings. The van der Waals surface area contributed by atoms with Gasteiger partial charge in [-0.3, -0.25) is 9.59 Å². The van der Waals surface area contributed by atoms with Gasteiger partial charge >= 0.3 is 0 Å². The zero-order valence-electron chi connectivity index (χ0n) is 19.2. The fourth-order valence-corrected chi connectivity index (χ4v) is 4.47. The number of hydrogen-bond donors (Lipinski definition) is 2. The van der Waals surface area contributed by atoms with Gasteiger partial charge in [-0.25, -0.2) is 0 Å². The van der Waals surface area contributed by atoms with Crippen LogP contribution >= 0.6 is 15.9 Å². The molecule has 1 saturated heterocycles. The number of carbonyl (C=O) groups excluding carboxylic acids is 2. The fraction of sp³-hybridized carbons (Fsp3) is 0.185. The van der Waals surface area contributed by atoms with E-state index in [1.54, 1.807) is 56.7 Å². The third-order valence-corrected chi connectivity index (χ3v) is 6.46. The summed E-state index contributed by atoms with van der Waals surface area (Å²) in [6.45, 7) is 0.206. The quantitative estimate of drug-likeness (QED) is 0.254. The minimum absolute atomic E-state index is 0.00313. The third-order valence-electron chi connectivity index (χ3n) is 5.93. The predicted molar refractivity (Wildman–Crippen MR) is 135 cm³/mol. The summed E-state index contributed by atoms with van der Waals surface area (Å²) < 4.78 is 11.5. The molecule has 1 amide bonds. The monoisotopic (exact) mass is 537 g/mol. The molecule has 0 bridgehead atoms. The molecule has 0 radical (unpaired) electrons. The maximum atomic E-state index is 13.1. The van der Waals surface area contributed by atoms with Crippen molar-refractivity contribution in [2.24, 2.45) is 0 Å². The van der Waals surface area contributed by atoms with Crippen LogP contribution in [0.1, 0.15) is 22.7 Å². The van der Waals surface area contributed by atoms with Crippen molar-refractivity contribution in [3.63, 3.8) is 0 Å². The molecule has 0 aliphatic carbocycles. The molecule has 3 aromatic carbocycles.